The summed E-state index contributed by atoms with van der Waals surface area (Å²) in [6.07, 6.45) is 0.853. The number of benzene rings is 1. The summed E-state index contributed by atoms with van der Waals surface area (Å²) in [7, 11) is 1.43. The molecule has 1 unspecified atom stereocenters. The molecule has 4 heteroatoms. The van der Waals surface area contributed by atoms with E-state index in [-0.39, 0.29) is 17.6 Å². The lowest BCUT2D eigenvalue weighted by atomic mass is 10.1. The summed E-state index contributed by atoms with van der Waals surface area (Å²) in [5.74, 6) is 0.159. The van der Waals surface area contributed by atoms with Gasteiger partial charge in [-0.2, -0.15) is 0 Å². The summed E-state index contributed by atoms with van der Waals surface area (Å²) in [6, 6.07) is 7.22. The topological polar surface area (TPSA) is 49.8 Å². The maximum Gasteiger partial charge on any atom is 0.310 e. The monoisotopic (exact) mass is 235 g/mol. The lowest BCUT2D eigenvalue weighted by Gasteiger charge is -2.15. The molecule has 1 fully saturated rings. The molecule has 1 N–H and O–H groups in total. The normalized spacial score (nSPS) is 20.4. The highest BCUT2D eigenvalue weighted by molar-refractivity contribution is 5.72. The van der Waals surface area contributed by atoms with E-state index in [1.54, 1.807) is 12.1 Å². The number of hydrogen-bond acceptors (Lipinski definition) is 4. The van der Waals surface area contributed by atoms with Crippen molar-refractivity contribution in [1.29, 1.82) is 0 Å². The van der Waals surface area contributed by atoms with Crippen molar-refractivity contribution in [1.82, 2.24) is 4.90 Å². The Kier molecular flexibility index (Phi) is 3.64. The van der Waals surface area contributed by atoms with Crippen molar-refractivity contribution in [2.24, 2.45) is 5.92 Å². The molecule has 4 nitrogen and oxygen atoms in total. The summed E-state index contributed by atoms with van der Waals surface area (Å²) in [5.41, 5.74) is 1.07. The molecule has 1 saturated heterocycles. The van der Waals surface area contributed by atoms with E-state index in [4.69, 9.17) is 4.74 Å². The molecule has 0 aromatic heterocycles. The molecule has 1 aliphatic rings. The van der Waals surface area contributed by atoms with Gasteiger partial charge in [-0.3, -0.25) is 9.69 Å². The van der Waals surface area contributed by atoms with Crippen molar-refractivity contribution in [2.75, 3.05) is 20.2 Å². The highest BCUT2D eigenvalue weighted by Crippen LogP contribution is 2.21. The smallest absolute Gasteiger partial charge is 0.310 e. The second-order valence-electron chi connectivity index (χ2n) is 4.41. The van der Waals surface area contributed by atoms with Gasteiger partial charge in [0.05, 0.1) is 13.0 Å². The van der Waals surface area contributed by atoms with E-state index in [0.29, 0.717) is 0 Å². The molecule has 1 atom stereocenters. The second-order valence-corrected chi connectivity index (χ2v) is 4.41. The fourth-order valence-electron chi connectivity index (χ4n) is 2.25. The van der Waals surface area contributed by atoms with E-state index in [9.17, 15) is 9.90 Å². The van der Waals surface area contributed by atoms with Crippen molar-refractivity contribution in [2.45, 2.75) is 13.0 Å². The van der Waals surface area contributed by atoms with Crippen LogP contribution in [0.25, 0.3) is 0 Å². The van der Waals surface area contributed by atoms with Gasteiger partial charge in [-0.25, -0.2) is 0 Å². The van der Waals surface area contributed by atoms with E-state index in [1.165, 1.54) is 7.11 Å². The number of nitrogens with zero attached hydrogens (tertiary/aromatic N) is 1. The Morgan fingerprint density at radius 1 is 1.59 bits per heavy atom. The molecule has 0 aliphatic carbocycles. The van der Waals surface area contributed by atoms with Crippen LogP contribution in [0.3, 0.4) is 0 Å². The molecular formula is C13H17NO3. The molecule has 92 valence electrons. The SMILES string of the molecule is COC(=O)C1CCN(Cc2cccc(O)c2)C1. The maximum atomic E-state index is 11.4. The Balaban J connectivity index is 1.92. The van der Waals surface area contributed by atoms with E-state index in [2.05, 4.69) is 4.90 Å². The molecule has 0 saturated carbocycles. The first-order valence-corrected chi connectivity index (χ1v) is 5.77. The first kappa shape index (κ1) is 11.9. The number of likely N-dealkylation sites (tertiary alicyclic amines) is 1. The summed E-state index contributed by atoms with van der Waals surface area (Å²) in [4.78, 5) is 13.6. The van der Waals surface area contributed by atoms with Crippen LogP contribution in [0.4, 0.5) is 0 Å². The maximum absolute atomic E-state index is 11.4. The van der Waals surface area contributed by atoms with Gasteiger partial charge in [-0.15, -0.1) is 0 Å². The highest BCUT2D eigenvalue weighted by atomic mass is 16.5. The minimum absolute atomic E-state index is 0.00249. The van der Waals surface area contributed by atoms with Crippen molar-refractivity contribution < 1.29 is 14.6 Å². The van der Waals surface area contributed by atoms with Gasteiger partial charge >= 0.3 is 5.97 Å². The van der Waals surface area contributed by atoms with E-state index in [1.807, 2.05) is 12.1 Å². The fraction of sp³-hybridized carbons (Fsp3) is 0.462. The fourth-order valence-corrected chi connectivity index (χ4v) is 2.25. The van der Waals surface area contributed by atoms with Crippen molar-refractivity contribution in [3.63, 3.8) is 0 Å². The van der Waals surface area contributed by atoms with Crippen molar-refractivity contribution >= 4 is 5.97 Å². The number of aromatic hydroxyl groups is 1. The molecule has 1 aliphatic heterocycles. The van der Waals surface area contributed by atoms with E-state index < -0.39 is 0 Å². The van der Waals surface area contributed by atoms with Crippen LogP contribution in [-0.4, -0.2) is 36.2 Å². The van der Waals surface area contributed by atoms with Gasteiger partial charge in [0, 0.05) is 13.1 Å². The standard InChI is InChI=1S/C13H17NO3/c1-17-13(16)11-5-6-14(9-11)8-10-3-2-4-12(15)7-10/h2-4,7,11,15H,5-6,8-9H2,1H3. The molecule has 2 rings (SSSR count). The first-order valence-electron chi connectivity index (χ1n) is 5.77. The van der Waals surface area contributed by atoms with Crippen LogP contribution < -0.4 is 0 Å². The summed E-state index contributed by atoms with van der Waals surface area (Å²) >= 11 is 0. The third kappa shape index (κ3) is 2.97. The van der Waals surface area contributed by atoms with Gasteiger partial charge in [0.25, 0.3) is 0 Å². The number of phenols is 1. The van der Waals surface area contributed by atoms with Crippen LogP contribution in [-0.2, 0) is 16.1 Å². The largest absolute Gasteiger partial charge is 0.508 e. The van der Waals surface area contributed by atoms with Crippen LogP contribution in [0.15, 0.2) is 24.3 Å². The lowest BCUT2D eigenvalue weighted by molar-refractivity contribution is -0.144. The number of phenolic OH excluding ortho intramolecular Hbond substituents is 1. The number of methoxy groups -OCH3 is 1. The minimum atomic E-state index is -0.122. The van der Waals surface area contributed by atoms with Gasteiger partial charge in [-0.05, 0) is 30.7 Å². The van der Waals surface area contributed by atoms with Gasteiger partial charge in [0.1, 0.15) is 5.75 Å². The predicted octanol–water partition coefficient (Wildman–Crippen LogP) is 1.39. The Labute approximate surface area is 101 Å². The average Bonchev–Trinajstić information content (AvgIpc) is 2.76. The molecule has 1 heterocycles. The molecule has 0 radical (unpaired) electrons. The Morgan fingerprint density at radius 3 is 3.12 bits per heavy atom. The molecule has 17 heavy (non-hydrogen) atoms. The molecule has 1 aromatic rings. The third-order valence-electron chi connectivity index (χ3n) is 3.12. The number of hydrogen-bond donors (Lipinski definition) is 1. The van der Waals surface area contributed by atoms with Crippen molar-refractivity contribution in [3.05, 3.63) is 29.8 Å². The Hall–Kier alpha value is -1.55. The molecule has 0 bridgehead atoms. The molecular weight excluding hydrogens is 218 g/mol. The number of carbonyl (C=O) groups excluding carboxylic acids is 1. The summed E-state index contributed by atoms with van der Waals surface area (Å²) < 4.78 is 4.75. The van der Waals surface area contributed by atoms with Crippen LogP contribution in [0.2, 0.25) is 0 Å². The van der Waals surface area contributed by atoms with Gasteiger partial charge in [-0.1, -0.05) is 12.1 Å². The predicted molar refractivity (Wildman–Crippen MR) is 63.5 cm³/mol. The van der Waals surface area contributed by atoms with E-state index >= 15 is 0 Å². The number of rotatable bonds is 3. The van der Waals surface area contributed by atoms with Crippen LogP contribution >= 0.6 is 0 Å². The third-order valence-corrected chi connectivity index (χ3v) is 3.12. The molecule has 0 spiro atoms. The summed E-state index contributed by atoms with van der Waals surface area (Å²) in [6.45, 7) is 2.40. The van der Waals surface area contributed by atoms with Gasteiger partial charge in [0.2, 0.25) is 0 Å². The van der Waals surface area contributed by atoms with Gasteiger partial charge in [0.15, 0.2) is 0 Å². The quantitative estimate of drug-likeness (QED) is 0.804. The highest BCUT2D eigenvalue weighted by Gasteiger charge is 2.28. The van der Waals surface area contributed by atoms with Crippen LogP contribution in [0.5, 0.6) is 5.75 Å². The summed E-state index contributed by atoms with van der Waals surface area (Å²) in [5, 5.41) is 9.37. The zero-order valence-corrected chi connectivity index (χ0v) is 9.93. The van der Waals surface area contributed by atoms with Crippen LogP contribution in [0, 0.1) is 5.92 Å². The van der Waals surface area contributed by atoms with Gasteiger partial charge < -0.3 is 9.84 Å². The average molecular weight is 235 g/mol. The Bertz CT molecular complexity index is 405. The van der Waals surface area contributed by atoms with E-state index in [0.717, 1.165) is 31.6 Å². The number of carbonyl (C=O) groups is 1. The number of esters is 1. The van der Waals surface area contributed by atoms with Crippen LogP contribution in [0.1, 0.15) is 12.0 Å². The lowest BCUT2D eigenvalue weighted by Crippen LogP contribution is -2.23. The first-order chi connectivity index (χ1) is 8.19. The zero-order chi connectivity index (χ0) is 12.3. The van der Waals surface area contributed by atoms with Crippen molar-refractivity contribution in [3.8, 4) is 5.75 Å². The molecule has 1 aromatic carbocycles. The zero-order valence-electron chi connectivity index (χ0n) is 9.93. The number of ether oxygens (including phenoxy) is 1. The minimum Gasteiger partial charge on any atom is -0.508 e. The Morgan fingerprint density at radius 2 is 2.41 bits per heavy atom. The second kappa shape index (κ2) is 5.19. The molecule has 0 amide bonds.